The predicted molar refractivity (Wildman–Crippen MR) is 56.4 cm³/mol. The van der Waals surface area contributed by atoms with Crippen LogP contribution in [0.1, 0.15) is 37.8 Å². The first-order valence-corrected chi connectivity index (χ1v) is 5.71. The highest BCUT2D eigenvalue weighted by Gasteiger charge is 2.21. The summed E-state index contributed by atoms with van der Waals surface area (Å²) in [6.45, 7) is 4.48. The lowest BCUT2D eigenvalue weighted by Crippen LogP contribution is -2.15. The minimum atomic E-state index is -0.444. The Morgan fingerprint density at radius 2 is 2.43 bits per heavy atom. The van der Waals surface area contributed by atoms with Crippen LogP contribution in [0.4, 0.5) is 0 Å². The molecule has 0 aromatic carbocycles. The summed E-state index contributed by atoms with van der Waals surface area (Å²) in [6, 6.07) is 0. The van der Waals surface area contributed by atoms with Gasteiger partial charge in [0.2, 0.25) is 0 Å². The van der Waals surface area contributed by atoms with E-state index in [1.54, 1.807) is 6.20 Å². The summed E-state index contributed by atoms with van der Waals surface area (Å²) in [5.74, 6) is 0.105. The Morgan fingerprint density at radius 3 is 2.93 bits per heavy atom. The Hall–Kier alpha value is -0.740. The lowest BCUT2D eigenvalue weighted by molar-refractivity contribution is -0.130. The fraction of sp³-hybridized carbons (Fsp3) is 0.600. The molecular weight excluding hydrogens is 198 g/mol. The average molecular weight is 213 g/mol. The quantitative estimate of drug-likeness (QED) is 0.729. The van der Waals surface area contributed by atoms with E-state index in [1.165, 1.54) is 11.3 Å². The molecule has 1 atom stereocenters. The molecule has 14 heavy (non-hydrogen) atoms. The maximum absolute atomic E-state index is 11.6. The molecule has 78 valence electrons. The molecule has 1 unspecified atom stereocenters. The first kappa shape index (κ1) is 11.3. The Morgan fingerprint density at radius 1 is 1.64 bits per heavy atom. The molecule has 0 aliphatic rings. The van der Waals surface area contributed by atoms with Crippen LogP contribution in [0, 0.1) is 0 Å². The van der Waals surface area contributed by atoms with E-state index in [0.717, 1.165) is 11.4 Å². The van der Waals surface area contributed by atoms with Crippen molar-refractivity contribution in [1.82, 2.24) is 4.98 Å². The number of ether oxygens (including phenoxy) is 1. The summed E-state index contributed by atoms with van der Waals surface area (Å²) in [4.78, 5) is 15.7. The number of Topliss-reactive ketones (excluding diaryl/α,β-unsaturated/α-hetero) is 1. The molecule has 0 bridgehead atoms. The van der Waals surface area contributed by atoms with Crippen molar-refractivity contribution in [2.75, 3.05) is 6.61 Å². The molecule has 0 fully saturated rings. The zero-order chi connectivity index (χ0) is 10.4. The Kier molecular flexibility index (Phi) is 4.76. The first-order valence-electron chi connectivity index (χ1n) is 4.83. The van der Waals surface area contributed by atoms with E-state index >= 15 is 0 Å². The molecule has 0 aliphatic heterocycles. The number of aromatic nitrogens is 1. The van der Waals surface area contributed by atoms with Gasteiger partial charge in [0.1, 0.15) is 5.01 Å². The van der Waals surface area contributed by atoms with E-state index in [1.807, 2.05) is 19.2 Å². The van der Waals surface area contributed by atoms with Crippen LogP contribution in [0.25, 0.3) is 0 Å². The molecule has 1 rings (SSSR count). The molecule has 4 heteroatoms. The van der Waals surface area contributed by atoms with E-state index in [9.17, 15) is 4.79 Å². The van der Waals surface area contributed by atoms with Gasteiger partial charge in [0.15, 0.2) is 11.9 Å². The maximum Gasteiger partial charge on any atom is 0.168 e. The highest BCUT2D eigenvalue weighted by molar-refractivity contribution is 7.09. The Bertz CT molecular complexity index is 272. The largest absolute Gasteiger partial charge is 0.363 e. The van der Waals surface area contributed by atoms with Crippen LogP contribution >= 0.6 is 11.3 Å². The van der Waals surface area contributed by atoms with Gasteiger partial charge in [-0.3, -0.25) is 4.79 Å². The number of thiazole rings is 1. The Labute approximate surface area is 88.1 Å². The van der Waals surface area contributed by atoms with Crippen LogP contribution in [0.5, 0.6) is 0 Å². The van der Waals surface area contributed by atoms with E-state index in [-0.39, 0.29) is 5.78 Å². The van der Waals surface area contributed by atoms with Crippen molar-refractivity contribution in [3.63, 3.8) is 0 Å². The number of nitrogens with zero attached hydrogens (tertiary/aromatic N) is 1. The van der Waals surface area contributed by atoms with Gasteiger partial charge >= 0.3 is 0 Å². The second kappa shape index (κ2) is 5.88. The zero-order valence-electron chi connectivity index (χ0n) is 8.53. The number of carbonyl (C=O) groups is 1. The normalized spacial score (nSPS) is 12.7. The Balaban J connectivity index is 2.67. The number of hydrogen-bond donors (Lipinski definition) is 0. The van der Waals surface area contributed by atoms with Gasteiger partial charge in [0.05, 0.1) is 0 Å². The van der Waals surface area contributed by atoms with Gasteiger partial charge < -0.3 is 4.74 Å². The van der Waals surface area contributed by atoms with Gasteiger partial charge in [-0.15, -0.1) is 11.3 Å². The monoisotopic (exact) mass is 213 g/mol. The molecule has 0 spiro atoms. The summed E-state index contributed by atoms with van der Waals surface area (Å²) < 4.78 is 5.49. The number of hydrogen-bond acceptors (Lipinski definition) is 4. The second-order valence-electron chi connectivity index (χ2n) is 2.94. The average Bonchev–Trinajstić information content (AvgIpc) is 2.71. The minimum absolute atomic E-state index is 0.105. The van der Waals surface area contributed by atoms with E-state index < -0.39 is 6.10 Å². The zero-order valence-corrected chi connectivity index (χ0v) is 9.34. The third-order valence-electron chi connectivity index (χ3n) is 1.81. The van der Waals surface area contributed by atoms with Gasteiger partial charge in [-0.1, -0.05) is 13.8 Å². The molecule has 0 radical (unpaired) electrons. The highest BCUT2D eigenvalue weighted by atomic mass is 32.1. The van der Waals surface area contributed by atoms with Crippen molar-refractivity contribution >= 4 is 17.1 Å². The van der Waals surface area contributed by atoms with Gasteiger partial charge in [-0.05, 0) is 6.42 Å². The summed E-state index contributed by atoms with van der Waals surface area (Å²) in [5.41, 5.74) is 0. The number of ketones is 1. The van der Waals surface area contributed by atoms with Gasteiger partial charge in [0.25, 0.3) is 0 Å². The summed E-state index contributed by atoms with van der Waals surface area (Å²) in [5, 5.41) is 2.63. The fourth-order valence-corrected chi connectivity index (χ4v) is 1.79. The van der Waals surface area contributed by atoms with Crippen LogP contribution in [0.2, 0.25) is 0 Å². The van der Waals surface area contributed by atoms with Gasteiger partial charge in [-0.2, -0.15) is 0 Å². The molecule has 1 heterocycles. The summed E-state index contributed by atoms with van der Waals surface area (Å²) >= 11 is 1.47. The van der Waals surface area contributed by atoms with Crippen LogP contribution in [0.3, 0.4) is 0 Å². The lowest BCUT2D eigenvalue weighted by Gasteiger charge is -2.12. The van der Waals surface area contributed by atoms with Crippen LogP contribution < -0.4 is 0 Å². The third-order valence-corrected chi connectivity index (χ3v) is 2.62. The number of carbonyl (C=O) groups excluding carboxylic acids is 1. The van der Waals surface area contributed by atoms with Crippen molar-refractivity contribution in [1.29, 1.82) is 0 Å². The van der Waals surface area contributed by atoms with Crippen molar-refractivity contribution in [3.05, 3.63) is 16.6 Å². The molecular formula is C10H15NO2S. The summed E-state index contributed by atoms with van der Waals surface area (Å²) in [6.07, 6.45) is 2.66. The minimum Gasteiger partial charge on any atom is -0.363 e. The molecule has 0 amide bonds. The van der Waals surface area contributed by atoms with Crippen LogP contribution in [0.15, 0.2) is 11.6 Å². The molecule has 0 saturated carbocycles. The van der Waals surface area contributed by atoms with Crippen molar-refractivity contribution < 1.29 is 9.53 Å². The molecule has 0 saturated heterocycles. The van der Waals surface area contributed by atoms with Crippen molar-refractivity contribution in [2.45, 2.75) is 32.8 Å². The maximum atomic E-state index is 11.6. The lowest BCUT2D eigenvalue weighted by atomic mass is 10.2. The van der Waals surface area contributed by atoms with Gasteiger partial charge in [-0.25, -0.2) is 4.98 Å². The predicted octanol–water partition coefficient (Wildman–Crippen LogP) is 2.59. The van der Waals surface area contributed by atoms with E-state index in [4.69, 9.17) is 4.74 Å². The molecule has 3 nitrogen and oxygen atoms in total. The summed E-state index contributed by atoms with van der Waals surface area (Å²) in [7, 11) is 0. The smallest absolute Gasteiger partial charge is 0.168 e. The van der Waals surface area contributed by atoms with Crippen molar-refractivity contribution in [3.8, 4) is 0 Å². The molecule has 1 aromatic rings. The molecule has 0 N–H and O–H groups in total. The standard InChI is InChI=1S/C10H15NO2S/c1-3-6-13-9(8(12)4-2)10-11-5-7-14-10/h5,7,9H,3-4,6H2,1-2H3. The van der Waals surface area contributed by atoms with E-state index in [2.05, 4.69) is 4.98 Å². The topological polar surface area (TPSA) is 39.2 Å². The fourth-order valence-electron chi connectivity index (χ4n) is 1.09. The molecule has 0 aliphatic carbocycles. The van der Waals surface area contributed by atoms with Crippen LogP contribution in [-0.4, -0.2) is 17.4 Å². The second-order valence-corrected chi connectivity index (χ2v) is 3.87. The SMILES string of the molecule is CCCOC(C(=O)CC)c1nccs1. The van der Waals surface area contributed by atoms with Gasteiger partial charge in [0, 0.05) is 24.6 Å². The molecule has 1 aromatic heterocycles. The number of rotatable bonds is 6. The third kappa shape index (κ3) is 2.89. The highest BCUT2D eigenvalue weighted by Crippen LogP contribution is 2.22. The van der Waals surface area contributed by atoms with E-state index in [0.29, 0.717) is 13.0 Å². The first-order chi connectivity index (χ1) is 6.79. The van der Waals surface area contributed by atoms with Crippen LogP contribution in [-0.2, 0) is 9.53 Å². The van der Waals surface area contributed by atoms with Crippen molar-refractivity contribution in [2.24, 2.45) is 0 Å².